The fourth-order valence-corrected chi connectivity index (χ4v) is 11.5. The van der Waals surface area contributed by atoms with E-state index < -0.39 is 39.0 Å². The summed E-state index contributed by atoms with van der Waals surface area (Å²) in [6, 6.07) is 8.18. The number of aromatic amines is 1. The van der Waals surface area contributed by atoms with Crippen LogP contribution >= 0.6 is 34.0 Å². The average Bonchev–Trinajstić information content (AvgIpc) is 3.87. The standard InChI is InChI=1S/C37H47ClN6O5S2/c1-23(45)44-13-11-37(12-14-44)21-26(34(47)42-37)20-29(33(46)32(22-39)51-15-5-6-16-51)41-36(49)31(17-24-7-3-2-4-8-24)50-43-35(48)30-19-25-18-27(38)9-10-28(25)40-30/h9-10,18-19,24,26,29,31,40H,2-8,11-17,20-21H2,1H3,(H,41,49)(H,42,47)(H,43,48)/t26?,29?,31-/m0/s1. The Bertz CT molecular complexity index is 1750. The summed E-state index contributed by atoms with van der Waals surface area (Å²) in [5.74, 6) is -0.00815. The largest absolute Gasteiger partial charge is 0.351 e. The molecule has 2 aromatic rings. The minimum atomic E-state index is -1.05. The number of halogens is 1. The SMILES string of the molecule is CC(=O)N1CCC2(CC1)CC(CC(NC(=O)[C@H](CC1CCCCC1)SNC(=O)c1cc3cc(Cl)ccc3[nH]1)C(=O)C(C#N)=S1CCCC1)C(=O)N2. The van der Waals surface area contributed by atoms with E-state index >= 15 is 0 Å². The average molecular weight is 755 g/mol. The summed E-state index contributed by atoms with van der Waals surface area (Å²) >= 11 is 7.19. The molecule has 2 unspecified atom stereocenters. The summed E-state index contributed by atoms with van der Waals surface area (Å²) in [6.07, 6.45) is 9.57. The maximum Gasteiger partial charge on any atom is 0.277 e. The summed E-state index contributed by atoms with van der Waals surface area (Å²) in [6.45, 7) is 2.65. The fourth-order valence-electron chi connectivity index (χ4n) is 8.15. The second-order valence-corrected chi connectivity index (χ2v) is 18.2. The van der Waals surface area contributed by atoms with Crippen molar-refractivity contribution < 1.29 is 24.0 Å². The lowest BCUT2D eigenvalue weighted by Crippen LogP contribution is -2.51. The molecule has 1 aliphatic carbocycles. The van der Waals surface area contributed by atoms with Gasteiger partial charge in [0.05, 0.1) is 6.04 Å². The molecule has 3 atom stereocenters. The van der Waals surface area contributed by atoms with Gasteiger partial charge in [-0.15, -0.1) is 0 Å². The van der Waals surface area contributed by atoms with E-state index in [0.29, 0.717) is 55.4 Å². The molecule has 1 aromatic carbocycles. The van der Waals surface area contributed by atoms with Crippen molar-refractivity contribution in [3.8, 4) is 6.07 Å². The fraction of sp³-hybridized carbons (Fsp3) is 0.595. The topological polar surface area (TPSA) is 164 Å². The Morgan fingerprint density at radius 3 is 2.49 bits per heavy atom. The van der Waals surface area contributed by atoms with Gasteiger partial charge in [-0.2, -0.15) is 15.7 Å². The predicted molar refractivity (Wildman–Crippen MR) is 203 cm³/mol. The minimum absolute atomic E-state index is 0.00879. The summed E-state index contributed by atoms with van der Waals surface area (Å²) in [5, 5.41) is 17.0. The van der Waals surface area contributed by atoms with Crippen LogP contribution in [0.3, 0.4) is 0 Å². The highest BCUT2D eigenvalue weighted by Gasteiger charge is 2.47. The number of nitrogens with zero attached hydrogens (tertiary/aromatic N) is 2. The van der Waals surface area contributed by atoms with Crippen LogP contribution < -0.4 is 15.4 Å². The van der Waals surface area contributed by atoms with Crippen LogP contribution in [-0.4, -0.2) is 85.6 Å². The first-order chi connectivity index (χ1) is 24.5. The number of amides is 4. The van der Waals surface area contributed by atoms with Crippen LogP contribution in [0.5, 0.6) is 0 Å². The van der Waals surface area contributed by atoms with E-state index in [2.05, 4.69) is 26.4 Å². The highest BCUT2D eigenvalue weighted by atomic mass is 35.5. The zero-order chi connectivity index (χ0) is 36.1. The Kier molecular flexibility index (Phi) is 12.1. The number of likely N-dealkylation sites (tertiary alicyclic amines) is 1. The first kappa shape index (κ1) is 37.4. The van der Waals surface area contributed by atoms with E-state index in [9.17, 15) is 29.2 Å². The van der Waals surface area contributed by atoms with Gasteiger partial charge in [0.25, 0.3) is 5.91 Å². The van der Waals surface area contributed by atoms with Crippen LogP contribution in [0.25, 0.3) is 10.9 Å². The van der Waals surface area contributed by atoms with E-state index in [-0.39, 0.29) is 34.9 Å². The number of benzene rings is 1. The number of ketones is 1. The third-order valence-electron chi connectivity index (χ3n) is 11.0. The number of rotatable bonds is 11. The lowest BCUT2D eigenvalue weighted by atomic mass is 9.81. The summed E-state index contributed by atoms with van der Waals surface area (Å²) in [5.41, 5.74) is 0.644. The number of piperidine rings is 1. The summed E-state index contributed by atoms with van der Waals surface area (Å²) in [4.78, 5) is 72.3. The first-order valence-corrected chi connectivity index (χ1v) is 21.0. The number of fused-ring (bicyclic) bond motifs is 1. The Hall–Kier alpha value is -3.34. The van der Waals surface area contributed by atoms with Gasteiger partial charge in [-0.1, -0.05) is 43.7 Å². The van der Waals surface area contributed by atoms with Crippen LogP contribution in [-0.2, 0) is 19.2 Å². The van der Waals surface area contributed by atoms with Crippen molar-refractivity contribution in [1.82, 2.24) is 25.2 Å². The zero-order valence-corrected chi connectivity index (χ0v) is 31.5. The van der Waals surface area contributed by atoms with Gasteiger partial charge in [0.1, 0.15) is 21.9 Å². The first-order valence-electron chi connectivity index (χ1n) is 18.1. The highest BCUT2D eigenvalue weighted by Crippen LogP contribution is 2.37. The molecule has 1 saturated carbocycles. The molecule has 0 bridgehead atoms. The van der Waals surface area contributed by atoms with Crippen LogP contribution in [0.2, 0.25) is 5.02 Å². The zero-order valence-electron chi connectivity index (χ0n) is 29.1. The third-order valence-corrected chi connectivity index (χ3v) is 14.7. The molecule has 4 N–H and O–H groups in total. The number of nitriles is 1. The molecule has 0 radical (unpaired) electrons. The van der Waals surface area contributed by atoms with Gasteiger partial charge in [-0.25, -0.2) is 0 Å². The normalized spacial score (nSPS) is 21.9. The van der Waals surface area contributed by atoms with Crippen molar-refractivity contribution in [2.45, 2.75) is 101 Å². The molecule has 51 heavy (non-hydrogen) atoms. The Labute approximate surface area is 310 Å². The molecule has 274 valence electrons. The molecule has 3 saturated heterocycles. The summed E-state index contributed by atoms with van der Waals surface area (Å²) < 4.78 is 2.88. The molecular formula is C37H47ClN6O5S2. The maximum atomic E-state index is 14.3. The number of hydrogen-bond donors (Lipinski definition) is 4. The van der Waals surface area contributed by atoms with Gasteiger partial charge < -0.3 is 20.5 Å². The predicted octanol–water partition coefficient (Wildman–Crippen LogP) is 5.26. The molecule has 11 nitrogen and oxygen atoms in total. The van der Waals surface area contributed by atoms with Crippen LogP contribution in [0, 0.1) is 23.2 Å². The van der Waals surface area contributed by atoms with Crippen LogP contribution in [0.4, 0.5) is 0 Å². The van der Waals surface area contributed by atoms with E-state index in [1.54, 1.807) is 36.1 Å². The van der Waals surface area contributed by atoms with Crippen molar-refractivity contribution in [3.05, 3.63) is 35.0 Å². The Morgan fingerprint density at radius 1 is 1.08 bits per heavy atom. The van der Waals surface area contributed by atoms with Crippen LogP contribution in [0.1, 0.15) is 94.5 Å². The molecular weight excluding hydrogens is 708 g/mol. The number of Topliss-reactive ketones (excluding diaryl/α,β-unsaturated/α-hetero) is 1. The number of carbonyl (C=O) groups is 5. The van der Waals surface area contributed by atoms with Gasteiger partial charge >= 0.3 is 0 Å². The van der Waals surface area contributed by atoms with Crippen molar-refractivity contribution in [2.75, 3.05) is 24.6 Å². The van der Waals surface area contributed by atoms with E-state index in [4.69, 9.17) is 11.6 Å². The van der Waals surface area contributed by atoms with E-state index in [1.807, 2.05) is 0 Å². The lowest BCUT2D eigenvalue weighted by molar-refractivity contribution is -0.130. The van der Waals surface area contributed by atoms with E-state index in [1.165, 1.54) is 0 Å². The van der Waals surface area contributed by atoms with Crippen molar-refractivity contribution in [3.63, 3.8) is 0 Å². The smallest absolute Gasteiger partial charge is 0.277 e. The molecule has 4 aliphatic rings. The van der Waals surface area contributed by atoms with Gasteiger partial charge in [0.2, 0.25) is 23.5 Å². The van der Waals surface area contributed by atoms with Crippen molar-refractivity contribution in [2.24, 2.45) is 11.8 Å². The van der Waals surface area contributed by atoms with Gasteiger partial charge in [0, 0.05) is 47.4 Å². The maximum absolute atomic E-state index is 14.3. The monoisotopic (exact) mass is 754 g/mol. The number of hydrogen-bond acceptors (Lipinski definition) is 7. The number of aromatic nitrogens is 1. The second kappa shape index (κ2) is 16.6. The molecule has 3 aliphatic heterocycles. The van der Waals surface area contributed by atoms with Crippen molar-refractivity contribution >= 4 is 79.2 Å². The molecule has 14 heteroatoms. The molecule has 4 fully saturated rings. The highest BCUT2D eigenvalue weighted by molar-refractivity contribution is 8.17. The lowest BCUT2D eigenvalue weighted by Gasteiger charge is -2.39. The minimum Gasteiger partial charge on any atom is -0.351 e. The van der Waals surface area contributed by atoms with E-state index in [0.717, 1.165) is 79.3 Å². The quantitative estimate of drug-likeness (QED) is 0.180. The Balaban J connectivity index is 1.21. The number of carbonyl (C=O) groups excluding carboxylic acids is 5. The molecule has 6 rings (SSSR count). The summed E-state index contributed by atoms with van der Waals surface area (Å²) in [7, 11) is -0.475. The van der Waals surface area contributed by atoms with Gasteiger partial charge in [-0.05, 0) is 98.6 Å². The van der Waals surface area contributed by atoms with Gasteiger partial charge in [0.15, 0.2) is 0 Å². The molecule has 1 spiro atoms. The Morgan fingerprint density at radius 2 is 1.80 bits per heavy atom. The molecule has 4 amide bonds. The second-order valence-electron chi connectivity index (χ2n) is 14.6. The molecule has 1 aromatic heterocycles. The molecule has 4 heterocycles. The number of H-pyrrole nitrogens is 1. The third kappa shape index (κ3) is 9.00. The number of nitrogens with one attached hydrogen (secondary N) is 4. The van der Waals surface area contributed by atoms with Crippen molar-refractivity contribution in [1.29, 1.82) is 5.26 Å². The van der Waals surface area contributed by atoms with Gasteiger partial charge in [-0.3, -0.25) is 28.7 Å². The van der Waals surface area contributed by atoms with Crippen LogP contribution in [0.15, 0.2) is 24.3 Å².